The van der Waals surface area contributed by atoms with Gasteiger partial charge in [-0.25, -0.2) is 18.4 Å². The summed E-state index contributed by atoms with van der Waals surface area (Å²) in [4.78, 5) is 26.7. The minimum atomic E-state index is -0.661. The van der Waals surface area contributed by atoms with Crippen molar-refractivity contribution in [3.05, 3.63) is 71.3 Å². The lowest BCUT2D eigenvalue weighted by atomic mass is 9.74. The van der Waals surface area contributed by atoms with Crippen LogP contribution in [0.4, 0.5) is 18.4 Å². The Kier molecular flexibility index (Phi) is 16.8. The average molecular weight is 682 g/mol. The van der Waals surface area contributed by atoms with E-state index in [1.807, 2.05) is 47.6 Å². The highest BCUT2D eigenvalue weighted by Gasteiger charge is 2.38. The molecule has 1 aliphatic rings. The molecule has 252 valence electrons. The molecule has 2 amide bonds. The predicted molar refractivity (Wildman–Crippen MR) is 176 cm³/mol. The zero-order chi connectivity index (χ0) is 35.0. The van der Waals surface area contributed by atoms with Crippen LogP contribution in [-0.4, -0.2) is 71.1 Å². The molecule has 1 aliphatic heterocycles. The van der Waals surface area contributed by atoms with Crippen molar-refractivity contribution in [3.8, 4) is 12.1 Å². The summed E-state index contributed by atoms with van der Waals surface area (Å²) in [5.74, 6) is 0.191. The number of hydrogen-bond acceptors (Lipinski definition) is 6. The van der Waals surface area contributed by atoms with E-state index in [1.54, 1.807) is 29.2 Å². The summed E-state index contributed by atoms with van der Waals surface area (Å²) in [6, 6.07) is 16.3. The molecule has 0 spiro atoms. The quantitative estimate of drug-likeness (QED) is 0.285. The van der Waals surface area contributed by atoms with Gasteiger partial charge in [0.15, 0.2) is 0 Å². The first kappa shape index (κ1) is 40.4. The lowest BCUT2D eigenvalue weighted by Gasteiger charge is -2.38. The first-order valence-corrected chi connectivity index (χ1v) is 15.9. The summed E-state index contributed by atoms with van der Waals surface area (Å²) < 4.78 is 35.8. The zero-order valence-corrected chi connectivity index (χ0v) is 28.9. The third-order valence-electron chi connectivity index (χ3n) is 6.44. The molecule has 0 unspecified atom stereocenters. The minimum absolute atomic E-state index is 0.262. The topological polar surface area (TPSA) is 107 Å². The Balaban J connectivity index is 0.000000378. The Bertz CT molecular complexity index is 1300. The molecule has 0 saturated carbocycles. The number of rotatable bonds is 6. The van der Waals surface area contributed by atoms with Gasteiger partial charge in [0.2, 0.25) is 0 Å². The van der Waals surface area contributed by atoms with Gasteiger partial charge in [0.25, 0.3) is 0 Å². The van der Waals surface area contributed by atoms with E-state index in [-0.39, 0.29) is 23.8 Å². The second-order valence-electron chi connectivity index (χ2n) is 12.5. The highest BCUT2D eigenvalue weighted by molar-refractivity contribution is 6.18. The summed E-state index contributed by atoms with van der Waals surface area (Å²) in [5, 5.41) is 17.8. The summed E-state index contributed by atoms with van der Waals surface area (Å²) in [6.07, 6.45) is 0.681. The fourth-order valence-electron chi connectivity index (χ4n) is 4.15. The number of benzene rings is 2. The van der Waals surface area contributed by atoms with E-state index in [1.165, 1.54) is 29.2 Å². The Morgan fingerprint density at radius 2 is 1.30 bits per heavy atom. The van der Waals surface area contributed by atoms with Crippen molar-refractivity contribution in [1.29, 1.82) is 10.5 Å². The summed E-state index contributed by atoms with van der Waals surface area (Å²) in [5.41, 5.74) is -0.0121. The first-order chi connectivity index (χ1) is 21.5. The van der Waals surface area contributed by atoms with Gasteiger partial charge in [0, 0.05) is 37.9 Å². The van der Waals surface area contributed by atoms with E-state index < -0.39 is 16.6 Å². The fourth-order valence-corrected chi connectivity index (χ4v) is 4.56. The molecule has 8 nitrogen and oxygen atoms in total. The first-order valence-electron chi connectivity index (χ1n) is 14.9. The second kappa shape index (κ2) is 19.2. The molecule has 0 N–H and O–H groups in total. The second-order valence-corrected chi connectivity index (χ2v) is 13.2. The number of carbonyl (C=O) groups excluding carboxylic acids is 2. The van der Waals surface area contributed by atoms with Crippen LogP contribution in [0.5, 0.6) is 0 Å². The molecule has 0 aromatic heterocycles. The van der Waals surface area contributed by atoms with E-state index in [2.05, 4.69) is 6.07 Å². The fraction of sp³-hybridized carbons (Fsp3) is 0.529. The van der Waals surface area contributed by atoms with E-state index in [9.17, 15) is 23.6 Å². The molecule has 1 heterocycles. The number of halogens is 4. The SMILES string of the molecule is CC(C)(C)OC(=O)N(CCCl)CCCl.CC(C)(C)OC(=O)N1CCC(C#N)(c2ccc(F)cc2)CC1.N#CCc1ccc(F)cc1. The van der Waals surface area contributed by atoms with E-state index >= 15 is 0 Å². The number of piperidine rings is 1. The maximum absolute atomic E-state index is 13.1. The molecular formula is C34H44Cl2F2N4O4. The summed E-state index contributed by atoms with van der Waals surface area (Å²) in [7, 11) is 0. The Morgan fingerprint density at radius 1 is 0.848 bits per heavy atom. The lowest BCUT2D eigenvalue weighted by Crippen LogP contribution is -2.46. The number of amides is 2. The average Bonchev–Trinajstić information content (AvgIpc) is 2.98. The van der Waals surface area contributed by atoms with Crippen LogP contribution in [0.3, 0.4) is 0 Å². The number of alkyl halides is 2. The molecule has 0 atom stereocenters. The van der Waals surface area contributed by atoms with Gasteiger partial charge in [-0.05, 0) is 89.8 Å². The van der Waals surface area contributed by atoms with Gasteiger partial charge in [-0.2, -0.15) is 10.5 Å². The van der Waals surface area contributed by atoms with Crippen molar-refractivity contribution in [2.24, 2.45) is 0 Å². The van der Waals surface area contributed by atoms with Gasteiger partial charge in [0.1, 0.15) is 22.8 Å². The maximum atomic E-state index is 13.1. The van der Waals surface area contributed by atoms with Gasteiger partial charge in [-0.1, -0.05) is 24.3 Å². The number of likely N-dealkylation sites (tertiary alicyclic amines) is 1. The smallest absolute Gasteiger partial charge is 0.410 e. The number of nitriles is 2. The number of carbonyl (C=O) groups is 2. The maximum Gasteiger partial charge on any atom is 0.410 e. The van der Waals surface area contributed by atoms with E-state index in [0.717, 1.165) is 11.1 Å². The third kappa shape index (κ3) is 15.1. The molecule has 3 rings (SSSR count). The van der Waals surface area contributed by atoms with E-state index in [0.29, 0.717) is 57.2 Å². The van der Waals surface area contributed by atoms with E-state index in [4.69, 9.17) is 37.9 Å². The highest BCUT2D eigenvalue weighted by Crippen LogP contribution is 2.35. The minimum Gasteiger partial charge on any atom is -0.444 e. The number of nitrogens with zero attached hydrogens (tertiary/aromatic N) is 4. The van der Waals surface area contributed by atoms with Gasteiger partial charge in [-0.15, -0.1) is 23.2 Å². The Labute approximate surface area is 281 Å². The molecule has 46 heavy (non-hydrogen) atoms. The van der Waals surface area contributed by atoms with Crippen molar-refractivity contribution >= 4 is 35.4 Å². The van der Waals surface area contributed by atoms with Gasteiger partial charge in [-0.3, -0.25) is 0 Å². The van der Waals surface area contributed by atoms with Crippen LogP contribution in [0.15, 0.2) is 48.5 Å². The largest absolute Gasteiger partial charge is 0.444 e. The summed E-state index contributed by atoms with van der Waals surface area (Å²) >= 11 is 11.1. The van der Waals surface area contributed by atoms with Crippen LogP contribution in [0, 0.1) is 34.3 Å². The molecule has 1 saturated heterocycles. The van der Waals surface area contributed by atoms with Crippen LogP contribution in [-0.2, 0) is 21.3 Å². The molecule has 12 heteroatoms. The highest BCUT2D eigenvalue weighted by atomic mass is 35.5. The molecule has 1 fully saturated rings. The van der Waals surface area contributed by atoms with Crippen LogP contribution in [0.1, 0.15) is 65.5 Å². The number of hydrogen-bond donors (Lipinski definition) is 0. The van der Waals surface area contributed by atoms with Crippen LogP contribution in [0.25, 0.3) is 0 Å². The molecule has 0 bridgehead atoms. The van der Waals surface area contributed by atoms with Gasteiger partial charge < -0.3 is 19.3 Å². The van der Waals surface area contributed by atoms with Crippen molar-refractivity contribution in [1.82, 2.24) is 9.80 Å². The number of ether oxygens (including phenoxy) is 2. The standard InChI is InChI=1S/C17H21FN2O2.C9H17Cl2NO2.C8H6FN/c1-16(2,3)22-15(21)20-10-8-17(12-19,9-11-20)13-4-6-14(18)7-5-13;1-9(2,3)14-8(13)12(6-4-10)7-5-11;9-8-3-1-7(2-4-8)5-6-10/h4-7H,8-11H2,1-3H3;4-7H2,1-3H3;1-4H,5H2. The molecular weight excluding hydrogens is 637 g/mol. The Morgan fingerprint density at radius 3 is 1.70 bits per heavy atom. The monoisotopic (exact) mass is 680 g/mol. The third-order valence-corrected chi connectivity index (χ3v) is 6.77. The molecule has 0 radical (unpaired) electrons. The van der Waals surface area contributed by atoms with Crippen molar-refractivity contribution in [3.63, 3.8) is 0 Å². The van der Waals surface area contributed by atoms with Crippen LogP contribution in [0.2, 0.25) is 0 Å². The zero-order valence-electron chi connectivity index (χ0n) is 27.4. The van der Waals surface area contributed by atoms with Gasteiger partial charge in [0.05, 0.1) is 24.0 Å². The molecule has 0 aliphatic carbocycles. The predicted octanol–water partition coefficient (Wildman–Crippen LogP) is 8.21. The normalized spacial score (nSPS) is 13.8. The van der Waals surface area contributed by atoms with Crippen molar-refractivity contribution < 1.29 is 27.8 Å². The molecule has 2 aromatic carbocycles. The summed E-state index contributed by atoms with van der Waals surface area (Å²) in [6.45, 7) is 12.8. The van der Waals surface area contributed by atoms with Crippen LogP contribution >= 0.6 is 23.2 Å². The van der Waals surface area contributed by atoms with Gasteiger partial charge >= 0.3 is 12.2 Å². The Hall–Kier alpha value is -3.60. The molecule has 2 aromatic rings. The lowest BCUT2D eigenvalue weighted by molar-refractivity contribution is 0.0184. The van der Waals surface area contributed by atoms with Crippen molar-refractivity contribution in [2.45, 2.75) is 77.4 Å². The van der Waals surface area contributed by atoms with Crippen LogP contribution < -0.4 is 0 Å². The van der Waals surface area contributed by atoms with Crippen molar-refractivity contribution in [2.75, 3.05) is 37.9 Å².